The molecule has 94 valence electrons. The Balaban J connectivity index is 3.18. The molecule has 17 heavy (non-hydrogen) atoms. The van der Waals surface area contributed by atoms with Gasteiger partial charge in [0.25, 0.3) is 5.91 Å². The van der Waals surface area contributed by atoms with Crippen molar-refractivity contribution in [3.05, 3.63) is 29.3 Å². The van der Waals surface area contributed by atoms with Gasteiger partial charge in [-0.3, -0.25) is 10.2 Å². The van der Waals surface area contributed by atoms with Gasteiger partial charge in [0.2, 0.25) is 0 Å². The van der Waals surface area contributed by atoms with E-state index in [0.717, 1.165) is 5.56 Å². The number of rotatable bonds is 4. The van der Waals surface area contributed by atoms with E-state index >= 15 is 0 Å². The Hall–Kier alpha value is -1.59. The molecule has 1 rings (SSSR count). The normalized spacial score (nSPS) is 12.4. The van der Waals surface area contributed by atoms with Gasteiger partial charge in [0.1, 0.15) is 11.8 Å². The van der Waals surface area contributed by atoms with Crippen LogP contribution in [0.3, 0.4) is 0 Å². The van der Waals surface area contributed by atoms with Gasteiger partial charge in [-0.15, -0.1) is 0 Å². The van der Waals surface area contributed by atoms with E-state index in [2.05, 4.69) is 13.8 Å². The van der Waals surface area contributed by atoms with Crippen molar-refractivity contribution in [1.82, 2.24) is 5.43 Å². The largest absolute Gasteiger partial charge is 0.496 e. The van der Waals surface area contributed by atoms with Gasteiger partial charge >= 0.3 is 0 Å². The molecule has 1 aromatic carbocycles. The van der Waals surface area contributed by atoms with Crippen LogP contribution in [0.4, 0.5) is 0 Å². The summed E-state index contributed by atoms with van der Waals surface area (Å²) < 4.78 is 5.20. The van der Waals surface area contributed by atoms with Crippen molar-refractivity contribution in [3.8, 4) is 5.75 Å². The van der Waals surface area contributed by atoms with Gasteiger partial charge in [0.15, 0.2) is 0 Å². The number of ether oxygens (including phenoxy) is 1. The predicted octanol–water partition coefficient (Wildman–Crippen LogP) is 0.808. The van der Waals surface area contributed by atoms with Crippen LogP contribution in [0, 0.1) is 0 Å². The molecule has 0 heterocycles. The van der Waals surface area contributed by atoms with E-state index < -0.39 is 11.9 Å². The summed E-state index contributed by atoms with van der Waals surface area (Å²) >= 11 is 0. The van der Waals surface area contributed by atoms with Crippen molar-refractivity contribution in [2.75, 3.05) is 7.11 Å². The molecule has 0 aliphatic heterocycles. The minimum atomic E-state index is -0.825. The first kappa shape index (κ1) is 13.5. The van der Waals surface area contributed by atoms with Crippen LogP contribution < -0.4 is 21.7 Å². The lowest BCUT2D eigenvalue weighted by atomic mass is 9.97. The van der Waals surface area contributed by atoms with E-state index in [1.807, 2.05) is 23.6 Å². The maximum absolute atomic E-state index is 11.4. The van der Waals surface area contributed by atoms with Crippen LogP contribution in [0.15, 0.2) is 18.2 Å². The van der Waals surface area contributed by atoms with Gasteiger partial charge in [0, 0.05) is 5.56 Å². The second-order valence-electron chi connectivity index (χ2n) is 4.14. The number of methoxy groups -OCH3 is 1. The number of benzene rings is 1. The van der Waals surface area contributed by atoms with E-state index in [0.29, 0.717) is 17.2 Å². The fourth-order valence-corrected chi connectivity index (χ4v) is 1.59. The Labute approximate surface area is 101 Å². The van der Waals surface area contributed by atoms with Gasteiger partial charge in [-0.25, -0.2) is 5.84 Å². The molecule has 1 atom stereocenters. The lowest BCUT2D eigenvalue weighted by Crippen LogP contribution is -2.38. The average molecular weight is 237 g/mol. The molecule has 5 heteroatoms. The van der Waals surface area contributed by atoms with Crippen molar-refractivity contribution in [3.63, 3.8) is 0 Å². The summed E-state index contributed by atoms with van der Waals surface area (Å²) in [6.07, 6.45) is 0. The third kappa shape index (κ3) is 2.95. The summed E-state index contributed by atoms with van der Waals surface area (Å²) in [5, 5.41) is 0. The molecular formula is C12H19N3O2. The Kier molecular flexibility index (Phi) is 4.48. The molecule has 0 saturated carbocycles. The van der Waals surface area contributed by atoms with Gasteiger partial charge in [-0.1, -0.05) is 19.9 Å². The molecule has 0 fully saturated rings. The van der Waals surface area contributed by atoms with E-state index in [1.54, 1.807) is 7.11 Å². The summed E-state index contributed by atoms with van der Waals surface area (Å²) in [5.41, 5.74) is 9.60. The highest BCUT2D eigenvalue weighted by Crippen LogP contribution is 2.28. The van der Waals surface area contributed by atoms with E-state index in [4.69, 9.17) is 16.3 Å². The first-order chi connectivity index (χ1) is 8.01. The van der Waals surface area contributed by atoms with E-state index in [-0.39, 0.29) is 0 Å². The average Bonchev–Trinajstić information content (AvgIpc) is 2.35. The van der Waals surface area contributed by atoms with Crippen molar-refractivity contribution in [1.29, 1.82) is 0 Å². The van der Waals surface area contributed by atoms with Crippen LogP contribution >= 0.6 is 0 Å². The quantitative estimate of drug-likeness (QED) is 0.410. The number of nitrogens with two attached hydrogens (primary N) is 2. The molecule has 0 saturated heterocycles. The Morgan fingerprint density at radius 2 is 2.06 bits per heavy atom. The maximum atomic E-state index is 11.4. The van der Waals surface area contributed by atoms with Crippen LogP contribution in [-0.4, -0.2) is 13.0 Å². The molecule has 5 N–H and O–H groups in total. The number of hydrogen-bond donors (Lipinski definition) is 3. The third-order valence-corrected chi connectivity index (χ3v) is 2.68. The van der Waals surface area contributed by atoms with Crippen LogP contribution in [0.25, 0.3) is 0 Å². The second-order valence-corrected chi connectivity index (χ2v) is 4.14. The van der Waals surface area contributed by atoms with Gasteiger partial charge in [-0.05, 0) is 23.6 Å². The Morgan fingerprint density at radius 3 is 2.53 bits per heavy atom. The zero-order valence-electron chi connectivity index (χ0n) is 10.4. The molecule has 0 bridgehead atoms. The van der Waals surface area contributed by atoms with Crippen LogP contribution in [0.2, 0.25) is 0 Å². The minimum absolute atomic E-state index is 0.354. The van der Waals surface area contributed by atoms with E-state index in [1.165, 1.54) is 0 Å². The number of nitrogens with one attached hydrogen (secondary N) is 1. The molecule has 0 aliphatic carbocycles. The van der Waals surface area contributed by atoms with E-state index in [9.17, 15) is 4.79 Å². The van der Waals surface area contributed by atoms with Crippen LogP contribution in [0.5, 0.6) is 5.75 Å². The number of hydrogen-bond acceptors (Lipinski definition) is 4. The molecule has 1 aromatic rings. The lowest BCUT2D eigenvalue weighted by molar-refractivity contribution is -0.122. The topological polar surface area (TPSA) is 90.4 Å². The molecule has 0 spiro atoms. The first-order valence-corrected chi connectivity index (χ1v) is 5.45. The number of hydrazine groups is 1. The summed E-state index contributed by atoms with van der Waals surface area (Å²) in [6.45, 7) is 4.14. The summed E-state index contributed by atoms with van der Waals surface area (Å²) in [5.74, 6) is 5.58. The minimum Gasteiger partial charge on any atom is -0.496 e. The summed E-state index contributed by atoms with van der Waals surface area (Å²) in [7, 11) is 1.54. The summed E-state index contributed by atoms with van der Waals surface area (Å²) in [4.78, 5) is 11.4. The monoisotopic (exact) mass is 237 g/mol. The zero-order valence-corrected chi connectivity index (χ0v) is 10.4. The number of carbonyl (C=O) groups is 1. The molecule has 0 radical (unpaired) electrons. The molecule has 5 nitrogen and oxygen atoms in total. The van der Waals surface area contributed by atoms with Crippen molar-refractivity contribution in [2.24, 2.45) is 11.6 Å². The molecule has 1 amide bonds. The third-order valence-electron chi connectivity index (χ3n) is 2.68. The predicted molar refractivity (Wildman–Crippen MR) is 66.3 cm³/mol. The van der Waals surface area contributed by atoms with Crippen molar-refractivity contribution < 1.29 is 9.53 Å². The van der Waals surface area contributed by atoms with Gasteiger partial charge in [0.05, 0.1) is 7.11 Å². The van der Waals surface area contributed by atoms with Crippen molar-refractivity contribution >= 4 is 5.91 Å². The SMILES string of the molecule is COc1ccc(C(C)C)cc1C(N)C(=O)NN. The van der Waals surface area contributed by atoms with Crippen LogP contribution in [-0.2, 0) is 4.79 Å². The fraction of sp³-hybridized carbons (Fsp3) is 0.417. The highest BCUT2D eigenvalue weighted by molar-refractivity contribution is 5.83. The molecule has 0 aliphatic rings. The first-order valence-electron chi connectivity index (χ1n) is 5.45. The van der Waals surface area contributed by atoms with Crippen LogP contribution in [0.1, 0.15) is 36.9 Å². The number of carbonyl (C=O) groups excluding carboxylic acids is 1. The van der Waals surface area contributed by atoms with Gasteiger partial charge in [-0.2, -0.15) is 0 Å². The summed E-state index contributed by atoms with van der Waals surface area (Å²) in [6, 6.07) is 4.83. The Morgan fingerprint density at radius 1 is 1.41 bits per heavy atom. The standard InChI is InChI=1S/C12H19N3O2/c1-7(2)8-4-5-10(17-3)9(6-8)11(13)12(16)15-14/h4-7,11H,13-14H2,1-3H3,(H,15,16). The van der Waals surface area contributed by atoms with Gasteiger partial charge < -0.3 is 10.5 Å². The highest BCUT2D eigenvalue weighted by Gasteiger charge is 2.19. The molecule has 0 aromatic heterocycles. The lowest BCUT2D eigenvalue weighted by Gasteiger charge is -2.16. The fourth-order valence-electron chi connectivity index (χ4n) is 1.59. The molecular weight excluding hydrogens is 218 g/mol. The smallest absolute Gasteiger partial charge is 0.255 e. The number of amides is 1. The second kappa shape index (κ2) is 5.65. The molecule has 1 unspecified atom stereocenters. The maximum Gasteiger partial charge on any atom is 0.255 e. The van der Waals surface area contributed by atoms with Crippen molar-refractivity contribution in [2.45, 2.75) is 25.8 Å². The zero-order chi connectivity index (χ0) is 13.0. The Bertz CT molecular complexity index is 405. The highest BCUT2D eigenvalue weighted by atomic mass is 16.5.